The third-order valence-electron chi connectivity index (χ3n) is 5.47. The van der Waals surface area contributed by atoms with Crippen molar-refractivity contribution < 1.29 is 35.9 Å². The summed E-state index contributed by atoms with van der Waals surface area (Å²) in [5, 5.41) is 0. The average Bonchev–Trinajstić information content (AvgIpc) is 2.74. The predicted molar refractivity (Wildman–Crippen MR) is 107 cm³/mol. The van der Waals surface area contributed by atoms with Gasteiger partial charge in [0.25, 0.3) is 5.56 Å². The van der Waals surface area contributed by atoms with Gasteiger partial charge in [-0.2, -0.15) is 26.3 Å². The number of aromatic amines is 1. The molecule has 0 spiro atoms. The number of ether oxygens (including phenoxy) is 1. The van der Waals surface area contributed by atoms with Crippen molar-refractivity contribution in [3.63, 3.8) is 0 Å². The Labute approximate surface area is 190 Å². The number of nitrogens with one attached hydrogen (secondary N) is 1. The van der Waals surface area contributed by atoms with Crippen molar-refractivity contribution in [2.24, 2.45) is 5.92 Å². The van der Waals surface area contributed by atoms with Crippen LogP contribution in [0.15, 0.2) is 29.5 Å². The van der Waals surface area contributed by atoms with Crippen LogP contribution in [0.5, 0.6) is 0 Å². The maximum Gasteiger partial charge on any atom is 0.421 e. The summed E-state index contributed by atoms with van der Waals surface area (Å²) in [5.41, 5.74) is -3.31. The molecule has 1 amide bonds. The summed E-state index contributed by atoms with van der Waals surface area (Å²) in [6, 6.07) is 0.734. The van der Waals surface area contributed by atoms with Gasteiger partial charge >= 0.3 is 18.4 Å². The number of hydrogen-bond acceptors (Lipinski definition) is 5. The maximum atomic E-state index is 12.9. The lowest BCUT2D eigenvalue weighted by Crippen LogP contribution is -2.40. The first-order valence-electron chi connectivity index (χ1n) is 10.5. The molecule has 1 aliphatic heterocycles. The predicted octanol–water partition coefficient (Wildman–Crippen LogP) is 4.22. The average molecular weight is 492 g/mol. The first-order valence-corrected chi connectivity index (χ1v) is 10.5. The fourth-order valence-electron chi connectivity index (χ4n) is 3.66. The highest BCUT2D eigenvalue weighted by molar-refractivity contribution is 5.67. The Bertz CT molecular complexity index is 1040. The number of carbonyl (C=O) groups is 1. The Kier molecular flexibility index (Phi) is 7.51. The standard InChI is InChI=1S/C21H22F6N4O3/c1-12(6-14-7-16(21(25,26)27)18(32)30-9-14)34-19(33)31-4-2-13(3-5-31)8-17-28-10-15(11-29-17)20(22,23)24/h7,9-13H,2-6,8H2,1H3,(H,30,32)/t12-/m0/s1. The molecule has 1 aliphatic rings. The van der Waals surface area contributed by atoms with Gasteiger partial charge < -0.3 is 14.6 Å². The van der Waals surface area contributed by atoms with Crippen LogP contribution >= 0.6 is 0 Å². The smallest absolute Gasteiger partial charge is 0.421 e. The van der Waals surface area contributed by atoms with Gasteiger partial charge in [-0.25, -0.2) is 14.8 Å². The molecule has 0 bridgehead atoms. The summed E-state index contributed by atoms with van der Waals surface area (Å²) in [4.78, 5) is 34.8. The van der Waals surface area contributed by atoms with E-state index in [2.05, 4.69) is 9.97 Å². The Morgan fingerprint density at radius 2 is 1.76 bits per heavy atom. The fourth-order valence-corrected chi connectivity index (χ4v) is 3.66. The van der Waals surface area contributed by atoms with Crippen molar-refractivity contribution in [2.75, 3.05) is 13.1 Å². The lowest BCUT2D eigenvalue weighted by atomic mass is 9.93. The number of H-pyrrole nitrogens is 1. The largest absolute Gasteiger partial charge is 0.446 e. The minimum Gasteiger partial charge on any atom is -0.446 e. The summed E-state index contributed by atoms with van der Waals surface area (Å²) in [6.45, 7) is 2.24. The van der Waals surface area contributed by atoms with E-state index >= 15 is 0 Å². The number of rotatable bonds is 5. The number of amides is 1. The summed E-state index contributed by atoms with van der Waals surface area (Å²) < 4.78 is 81.8. The van der Waals surface area contributed by atoms with E-state index in [4.69, 9.17) is 4.74 Å². The van der Waals surface area contributed by atoms with E-state index in [0.29, 0.717) is 38.2 Å². The zero-order valence-corrected chi connectivity index (χ0v) is 18.0. The fraction of sp³-hybridized carbons (Fsp3) is 0.524. The van der Waals surface area contributed by atoms with Crippen molar-refractivity contribution in [1.82, 2.24) is 19.9 Å². The van der Waals surface area contributed by atoms with Gasteiger partial charge in [0.15, 0.2) is 0 Å². The molecule has 0 unspecified atom stereocenters. The van der Waals surface area contributed by atoms with Crippen LogP contribution in [-0.2, 0) is 29.9 Å². The maximum absolute atomic E-state index is 12.9. The van der Waals surface area contributed by atoms with Crippen molar-refractivity contribution in [1.29, 1.82) is 0 Å². The molecule has 0 aliphatic carbocycles. The number of carbonyl (C=O) groups excluding carboxylic acids is 1. The van der Waals surface area contributed by atoms with Gasteiger partial charge in [-0.1, -0.05) is 0 Å². The molecule has 3 heterocycles. The number of halogens is 6. The van der Waals surface area contributed by atoms with Gasteiger partial charge in [-0.15, -0.1) is 0 Å². The molecular weight excluding hydrogens is 470 g/mol. The first-order chi connectivity index (χ1) is 15.8. The summed E-state index contributed by atoms with van der Waals surface area (Å²) in [5.74, 6) is 0.377. The Hall–Kier alpha value is -3.12. The normalized spacial score (nSPS) is 16.4. The number of nitrogens with zero attached hydrogens (tertiary/aromatic N) is 3. The van der Waals surface area contributed by atoms with Gasteiger partial charge in [-0.05, 0) is 37.3 Å². The third kappa shape index (κ3) is 6.70. The van der Waals surface area contributed by atoms with Crippen LogP contribution in [-0.4, -0.2) is 45.1 Å². The van der Waals surface area contributed by atoms with E-state index < -0.39 is 41.2 Å². The second-order valence-electron chi connectivity index (χ2n) is 8.17. The molecule has 3 rings (SSSR count). The van der Waals surface area contributed by atoms with E-state index in [-0.39, 0.29) is 17.9 Å². The zero-order valence-electron chi connectivity index (χ0n) is 18.0. The Balaban J connectivity index is 1.48. The van der Waals surface area contributed by atoms with E-state index in [1.165, 1.54) is 11.8 Å². The molecule has 1 saturated heterocycles. The van der Waals surface area contributed by atoms with Crippen molar-refractivity contribution in [3.05, 3.63) is 57.5 Å². The second-order valence-corrected chi connectivity index (χ2v) is 8.17. The van der Waals surface area contributed by atoms with Gasteiger partial charge in [0.2, 0.25) is 0 Å². The molecule has 34 heavy (non-hydrogen) atoms. The second kappa shape index (κ2) is 10.0. The molecule has 1 atom stereocenters. The molecule has 0 aromatic carbocycles. The van der Waals surface area contributed by atoms with E-state index in [1.807, 2.05) is 4.98 Å². The summed E-state index contributed by atoms with van der Waals surface area (Å²) in [7, 11) is 0. The van der Waals surface area contributed by atoms with Crippen LogP contribution in [0.25, 0.3) is 0 Å². The molecule has 186 valence electrons. The summed E-state index contributed by atoms with van der Waals surface area (Å²) in [6.07, 6.45) is -6.50. The monoisotopic (exact) mass is 492 g/mol. The van der Waals surface area contributed by atoms with Gasteiger partial charge in [-0.3, -0.25) is 4.79 Å². The number of piperidine rings is 1. The van der Waals surface area contributed by atoms with Crippen LogP contribution < -0.4 is 5.56 Å². The quantitative estimate of drug-likeness (QED) is 0.632. The third-order valence-corrected chi connectivity index (χ3v) is 5.47. The summed E-state index contributed by atoms with van der Waals surface area (Å²) >= 11 is 0. The highest BCUT2D eigenvalue weighted by atomic mass is 19.4. The van der Waals surface area contributed by atoms with E-state index in [9.17, 15) is 35.9 Å². The van der Waals surface area contributed by atoms with Gasteiger partial charge in [0.05, 0.1) is 5.56 Å². The first kappa shape index (κ1) is 25.5. The minimum absolute atomic E-state index is 0.0205. The van der Waals surface area contributed by atoms with Crippen LogP contribution in [0.3, 0.4) is 0 Å². The van der Waals surface area contributed by atoms with Crippen LogP contribution in [0.4, 0.5) is 31.1 Å². The molecule has 1 N–H and O–H groups in total. The van der Waals surface area contributed by atoms with Gasteiger partial charge in [0.1, 0.15) is 17.5 Å². The zero-order chi connectivity index (χ0) is 25.1. The molecule has 2 aromatic rings. The van der Waals surface area contributed by atoms with E-state index in [0.717, 1.165) is 24.7 Å². The number of likely N-dealkylation sites (tertiary alicyclic amines) is 1. The van der Waals surface area contributed by atoms with Crippen molar-refractivity contribution in [2.45, 2.75) is 51.1 Å². The number of aromatic nitrogens is 3. The molecule has 1 fully saturated rings. The topological polar surface area (TPSA) is 88.2 Å². The number of alkyl halides is 6. The molecule has 13 heteroatoms. The number of hydrogen-bond donors (Lipinski definition) is 1. The number of pyridine rings is 1. The van der Waals surface area contributed by atoms with Gasteiger partial charge in [0, 0.05) is 44.5 Å². The lowest BCUT2D eigenvalue weighted by Gasteiger charge is -2.31. The molecular formula is C21H22F6N4O3. The van der Waals surface area contributed by atoms with Crippen molar-refractivity contribution >= 4 is 6.09 Å². The Morgan fingerprint density at radius 1 is 1.15 bits per heavy atom. The van der Waals surface area contributed by atoms with Crippen LogP contribution in [0.2, 0.25) is 0 Å². The molecule has 7 nitrogen and oxygen atoms in total. The SMILES string of the molecule is C[C@@H](Cc1c[nH]c(=O)c(C(F)(F)F)c1)OC(=O)N1CCC(Cc2ncc(C(F)(F)F)cn2)CC1. The lowest BCUT2D eigenvalue weighted by molar-refractivity contribution is -0.139. The van der Waals surface area contributed by atoms with Crippen LogP contribution in [0.1, 0.15) is 42.3 Å². The Morgan fingerprint density at radius 3 is 2.32 bits per heavy atom. The van der Waals surface area contributed by atoms with Crippen LogP contribution in [0, 0.1) is 5.92 Å². The van der Waals surface area contributed by atoms with Crippen molar-refractivity contribution in [3.8, 4) is 0 Å². The highest BCUT2D eigenvalue weighted by Crippen LogP contribution is 2.29. The minimum atomic E-state index is -4.79. The molecule has 0 saturated carbocycles. The van der Waals surface area contributed by atoms with E-state index in [1.54, 1.807) is 0 Å². The molecule has 2 aromatic heterocycles. The highest BCUT2D eigenvalue weighted by Gasteiger charge is 2.34. The molecule has 0 radical (unpaired) electrons.